The number of hydrogen-bond acceptors (Lipinski definition) is 8. The molecule has 0 aromatic heterocycles. The Bertz CT molecular complexity index is 1320. The molecule has 200 valence electrons. The van der Waals surface area contributed by atoms with E-state index in [2.05, 4.69) is 19.7 Å². The van der Waals surface area contributed by atoms with Crippen LogP contribution in [0.3, 0.4) is 0 Å². The van der Waals surface area contributed by atoms with Crippen molar-refractivity contribution in [3.63, 3.8) is 0 Å². The number of hydrogen-bond donors (Lipinski definition) is 0. The number of aldehydes is 1. The molecule has 0 amide bonds. The van der Waals surface area contributed by atoms with Crippen LogP contribution in [0.1, 0.15) is 12.0 Å². The van der Waals surface area contributed by atoms with Crippen LogP contribution in [0.5, 0.6) is 23.0 Å². The summed E-state index contributed by atoms with van der Waals surface area (Å²) in [5, 5.41) is 0. The molecule has 0 bridgehead atoms. The zero-order valence-electron chi connectivity index (χ0n) is 21.5. The first kappa shape index (κ1) is 30.0. The van der Waals surface area contributed by atoms with Crippen molar-refractivity contribution in [2.45, 2.75) is 12.8 Å². The molecule has 0 atom stereocenters. The van der Waals surface area contributed by atoms with Crippen molar-refractivity contribution >= 4 is 24.2 Å². The van der Waals surface area contributed by atoms with Crippen molar-refractivity contribution in [1.82, 2.24) is 0 Å². The number of rotatable bonds is 11. The second-order valence-corrected chi connectivity index (χ2v) is 7.63. The Morgan fingerprint density at radius 2 is 1.26 bits per heavy atom. The lowest BCUT2D eigenvalue weighted by Gasteiger charge is -2.11. The molecular formula is C31H28O8. The summed E-state index contributed by atoms with van der Waals surface area (Å²) in [4.78, 5) is 44.0. The van der Waals surface area contributed by atoms with Crippen LogP contribution in [-0.2, 0) is 25.6 Å². The molecule has 3 aromatic rings. The number of allylic oxidation sites excluding steroid dienone is 1. The maximum absolute atomic E-state index is 12.3. The molecule has 0 saturated carbocycles. The predicted molar refractivity (Wildman–Crippen MR) is 147 cm³/mol. The van der Waals surface area contributed by atoms with E-state index in [1.165, 1.54) is 13.2 Å². The van der Waals surface area contributed by atoms with Gasteiger partial charge in [-0.2, -0.15) is 0 Å². The van der Waals surface area contributed by atoms with E-state index < -0.39 is 11.9 Å². The highest BCUT2D eigenvalue weighted by atomic mass is 16.6. The minimum absolute atomic E-state index is 0.190. The summed E-state index contributed by atoms with van der Waals surface area (Å²) in [5.41, 5.74) is 2.61. The van der Waals surface area contributed by atoms with Gasteiger partial charge in [-0.15, -0.1) is 0 Å². The molecule has 0 unspecified atom stereocenters. The standard InChI is InChI=1S/C28H24O7.C3H4O/c1-4-26(29)33-22-12-6-19(7-13-22)8-17-28(31)34-23-14-9-20(10-15-23)21-11-16-24(25(18-21)32-3)35-27(30)5-2;1-2-3-4/h4-7,9-16,18H,1-2,8,17H2,3H3;2-3H,1H2. The van der Waals surface area contributed by atoms with Gasteiger partial charge < -0.3 is 18.9 Å². The van der Waals surface area contributed by atoms with Crippen LogP contribution in [0.25, 0.3) is 11.1 Å². The van der Waals surface area contributed by atoms with Gasteiger partial charge in [0.25, 0.3) is 0 Å². The molecule has 0 heterocycles. The summed E-state index contributed by atoms with van der Waals surface area (Å²) in [6.45, 7) is 9.84. The molecule has 3 rings (SSSR count). The van der Waals surface area contributed by atoms with Crippen molar-refractivity contribution in [3.05, 3.63) is 110 Å². The smallest absolute Gasteiger partial charge is 0.335 e. The number of carbonyl (C=O) groups excluding carboxylic acids is 4. The molecule has 0 aliphatic carbocycles. The first-order valence-electron chi connectivity index (χ1n) is 11.7. The van der Waals surface area contributed by atoms with Gasteiger partial charge in [-0.3, -0.25) is 9.59 Å². The minimum atomic E-state index is -0.576. The molecule has 0 radical (unpaired) electrons. The second-order valence-electron chi connectivity index (χ2n) is 7.63. The molecule has 39 heavy (non-hydrogen) atoms. The summed E-state index contributed by atoms with van der Waals surface area (Å²) in [6.07, 6.45) is 4.67. The van der Waals surface area contributed by atoms with Gasteiger partial charge in [0.05, 0.1) is 7.11 Å². The van der Waals surface area contributed by atoms with Crippen molar-refractivity contribution in [3.8, 4) is 34.1 Å². The topological polar surface area (TPSA) is 105 Å². The van der Waals surface area contributed by atoms with Gasteiger partial charge in [0.2, 0.25) is 0 Å². The first-order valence-corrected chi connectivity index (χ1v) is 11.7. The number of aryl methyl sites for hydroxylation is 1. The van der Waals surface area contributed by atoms with Gasteiger partial charge in [0.15, 0.2) is 11.5 Å². The van der Waals surface area contributed by atoms with E-state index in [1.807, 2.05) is 12.1 Å². The van der Waals surface area contributed by atoms with Crippen molar-refractivity contribution in [1.29, 1.82) is 0 Å². The molecule has 0 N–H and O–H groups in total. The Kier molecular flexibility index (Phi) is 12.1. The third-order valence-electron chi connectivity index (χ3n) is 4.98. The number of methoxy groups -OCH3 is 1. The highest BCUT2D eigenvalue weighted by Gasteiger charge is 2.11. The summed E-state index contributed by atoms with van der Waals surface area (Å²) < 4.78 is 20.9. The molecule has 8 heteroatoms. The lowest BCUT2D eigenvalue weighted by Crippen LogP contribution is -2.09. The lowest BCUT2D eigenvalue weighted by molar-refractivity contribution is -0.134. The van der Waals surface area contributed by atoms with E-state index in [4.69, 9.17) is 23.7 Å². The molecule has 0 aliphatic heterocycles. The van der Waals surface area contributed by atoms with Crippen molar-refractivity contribution in [2.75, 3.05) is 7.11 Å². The summed E-state index contributed by atoms with van der Waals surface area (Å²) in [7, 11) is 1.49. The van der Waals surface area contributed by atoms with E-state index in [1.54, 1.807) is 54.6 Å². The van der Waals surface area contributed by atoms with Crippen LogP contribution >= 0.6 is 0 Å². The van der Waals surface area contributed by atoms with Crippen LogP contribution in [0.15, 0.2) is 105 Å². The highest BCUT2D eigenvalue weighted by Crippen LogP contribution is 2.33. The average Bonchev–Trinajstić information content (AvgIpc) is 2.97. The van der Waals surface area contributed by atoms with Gasteiger partial charge in [0.1, 0.15) is 17.8 Å². The van der Waals surface area contributed by atoms with Gasteiger partial charge in [-0.05, 0) is 65.6 Å². The Morgan fingerprint density at radius 1 is 0.718 bits per heavy atom. The maximum atomic E-state index is 12.3. The van der Waals surface area contributed by atoms with Crippen LogP contribution in [0, 0.1) is 0 Å². The van der Waals surface area contributed by atoms with Gasteiger partial charge >= 0.3 is 17.9 Å². The molecule has 0 saturated heterocycles. The van der Waals surface area contributed by atoms with E-state index in [0.717, 1.165) is 28.8 Å². The monoisotopic (exact) mass is 528 g/mol. The summed E-state index contributed by atoms with van der Waals surface area (Å²) >= 11 is 0. The number of carbonyl (C=O) groups is 4. The fourth-order valence-electron chi connectivity index (χ4n) is 3.11. The van der Waals surface area contributed by atoms with Crippen LogP contribution in [0.2, 0.25) is 0 Å². The van der Waals surface area contributed by atoms with Crippen LogP contribution in [-0.4, -0.2) is 31.3 Å². The van der Waals surface area contributed by atoms with Gasteiger partial charge in [-0.25, -0.2) is 9.59 Å². The largest absolute Gasteiger partial charge is 0.493 e. The fourth-order valence-corrected chi connectivity index (χ4v) is 3.11. The van der Waals surface area contributed by atoms with E-state index in [9.17, 15) is 14.4 Å². The Labute approximate surface area is 226 Å². The maximum Gasteiger partial charge on any atom is 0.335 e. The zero-order valence-corrected chi connectivity index (χ0v) is 21.5. The van der Waals surface area contributed by atoms with Crippen molar-refractivity contribution in [2.24, 2.45) is 0 Å². The fraction of sp³-hybridized carbons (Fsp3) is 0.0968. The third kappa shape index (κ3) is 9.97. The second kappa shape index (κ2) is 15.8. The van der Waals surface area contributed by atoms with Crippen LogP contribution < -0.4 is 18.9 Å². The molecule has 0 aliphatic rings. The van der Waals surface area contributed by atoms with Gasteiger partial charge in [-0.1, -0.05) is 50.1 Å². The molecule has 8 nitrogen and oxygen atoms in total. The predicted octanol–water partition coefficient (Wildman–Crippen LogP) is 5.45. The van der Waals surface area contributed by atoms with Crippen LogP contribution in [0.4, 0.5) is 0 Å². The number of esters is 3. The molecule has 0 spiro atoms. The number of ether oxygens (including phenoxy) is 4. The summed E-state index contributed by atoms with van der Waals surface area (Å²) in [5.74, 6) is 0.0558. The van der Waals surface area contributed by atoms with E-state index in [0.29, 0.717) is 35.7 Å². The molecule has 0 fully saturated rings. The average molecular weight is 529 g/mol. The number of benzene rings is 3. The van der Waals surface area contributed by atoms with E-state index >= 15 is 0 Å². The quantitative estimate of drug-likeness (QED) is 0.140. The summed E-state index contributed by atoms with van der Waals surface area (Å²) in [6, 6.07) is 19.1. The van der Waals surface area contributed by atoms with Gasteiger partial charge in [0, 0.05) is 18.6 Å². The Morgan fingerprint density at radius 3 is 1.82 bits per heavy atom. The van der Waals surface area contributed by atoms with Crippen molar-refractivity contribution < 1.29 is 38.1 Å². The SMILES string of the molecule is C=CC(=O)Oc1ccc(CCC(=O)Oc2ccc(-c3ccc(OC(=O)C=C)c(OC)c3)cc2)cc1.C=CC=O. The highest BCUT2D eigenvalue weighted by molar-refractivity contribution is 5.84. The first-order chi connectivity index (χ1) is 18.8. The molecular weight excluding hydrogens is 500 g/mol. The van der Waals surface area contributed by atoms with E-state index in [-0.39, 0.29) is 12.4 Å². The normalized spacial score (nSPS) is 9.56. The minimum Gasteiger partial charge on any atom is -0.493 e. The Hall–Kier alpha value is -5.24. The Balaban J connectivity index is 0.00000124. The third-order valence-corrected chi connectivity index (χ3v) is 4.98. The molecule has 3 aromatic carbocycles. The lowest BCUT2D eigenvalue weighted by atomic mass is 10.0. The zero-order chi connectivity index (χ0) is 28.6.